The number of aromatic nitrogens is 3. The van der Waals surface area contributed by atoms with Crippen LogP contribution in [0.4, 0.5) is 4.39 Å². The van der Waals surface area contributed by atoms with Gasteiger partial charge >= 0.3 is 5.69 Å². The van der Waals surface area contributed by atoms with E-state index >= 15 is 0 Å². The van der Waals surface area contributed by atoms with E-state index in [9.17, 15) is 9.18 Å². The maximum atomic E-state index is 14.2. The summed E-state index contributed by atoms with van der Waals surface area (Å²) in [6, 6.07) is 4.63. The van der Waals surface area contributed by atoms with Gasteiger partial charge < -0.3 is 0 Å². The van der Waals surface area contributed by atoms with E-state index in [4.69, 9.17) is 11.6 Å². The predicted molar refractivity (Wildman–Crippen MR) is 97.4 cm³/mol. The normalized spacial score (nSPS) is 20.0. The largest absolute Gasteiger partial charge is 0.345 e. The maximum absolute atomic E-state index is 14.2. The van der Waals surface area contributed by atoms with Gasteiger partial charge in [0.1, 0.15) is 11.6 Å². The highest BCUT2D eigenvalue weighted by atomic mass is 35.5. The van der Waals surface area contributed by atoms with Crippen molar-refractivity contribution in [3.63, 3.8) is 0 Å². The first kappa shape index (κ1) is 18.2. The van der Waals surface area contributed by atoms with Gasteiger partial charge in [-0.25, -0.2) is 13.9 Å². The van der Waals surface area contributed by atoms with E-state index in [0.717, 1.165) is 6.42 Å². The summed E-state index contributed by atoms with van der Waals surface area (Å²) in [4.78, 5) is 12.6. The Morgan fingerprint density at radius 2 is 2.12 bits per heavy atom. The molecule has 25 heavy (non-hydrogen) atoms. The first-order chi connectivity index (χ1) is 11.8. The quantitative estimate of drug-likeness (QED) is 0.815. The van der Waals surface area contributed by atoms with Crippen LogP contribution >= 0.6 is 11.6 Å². The fourth-order valence-corrected chi connectivity index (χ4v) is 4.08. The molecule has 3 rings (SSSR count). The predicted octanol–water partition coefficient (Wildman–Crippen LogP) is 4.18. The first-order valence-corrected chi connectivity index (χ1v) is 9.23. The van der Waals surface area contributed by atoms with Crippen molar-refractivity contribution < 1.29 is 4.39 Å². The van der Waals surface area contributed by atoms with E-state index in [1.54, 1.807) is 23.7 Å². The Kier molecular flexibility index (Phi) is 5.05. The maximum Gasteiger partial charge on any atom is 0.345 e. The van der Waals surface area contributed by atoms with Gasteiger partial charge in [0.05, 0.1) is 0 Å². The van der Waals surface area contributed by atoms with Gasteiger partial charge in [-0.2, -0.15) is 5.10 Å². The van der Waals surface area contributed by atoms with Gasteiger partial charge in [-0.05, 0) is 36.3 Å². The minimum atomic E-state index is -0.366. The zero-order valence-electron chi connectivity index (χ0n) is 15.1. The van der Waals surface area contributed by atoms with Gasteiger partial charge in [-0.15, -0.1) is 0 Å². The minimum absolute atomic E-state index is 0.149. The lowest BCUT2D eigenvalue weighted by Gasteiger charge is -2.38. The minimum Gasteiger partial charge on any atom is -0.278 e. The van der Waals surface area contributed by atoms with E-state index in [-0.39, 0.29) is 23.3 Å². The molecule has 1 fully saturated rings. The van der Waals surface area contributed by atoms with Crippen LogP contribution in [0.1, 0.15) is 50.9 Å². The van der Waals surface area contributed by atoms with Crippen molar-refractivity contribution in [2.45, 2.75) is 52.5 Å². The lowest BCUT2D eigenvalue weighted by atomic mass is 9.69. The molecule has 0 spiro atoms. The van der Waals surface area contributed by atoms with E-state index in [0.29, 0.717) is 28.9 Å². The van der Waals surface area contributed by atoms with Gasteiger partial charge in [0.25, 0.3) is 0 Å². The van der Waals surface area contributed by atoms with Crippen LogP contribution in [-0.4, -0.2) is 14.3 Å². The lowest BCUT2D eigenvalue weighted by molar-refractivity contribution is 0.118. The molecular formula is C19H25ClFN3O. The molecule has 2 aromatic rings. The number of nitrogens with zero attached hydrogens (tertiary/aromatic N) is 3. The third kappa shape index (κ3) is 3.66. The monoisotopic (exact) mass is 365 g/mol. The second-order valence-electron chi connectivity index (χ2n) is 7.74. The summed E-state index contributed by atoms with van der Waals surface area (Å²) in [5.74, 6) is 0.619. The van der Waals surface area contributed by atoms with E-state index in [1.165, 1.54) is 30.0 Å². The van der Waals surface area contributed by atoms with Gasteiger partial charge in [-0.1, -0.05) is 44.4 Å². The Labute approximate surface area is 152 Å². The van der Waals surface area contributed by atoms with Crippen LogP contribution in [0.5, 0.6) is 0 Å². The first-order valence-electron chi connectivity index (χ1n) is 8.85. The zero-order valence-corrected chi connectivity index (χ0v) is 15.8. The number of hydrogen-bond acceptors (Lipinski definition) is 2. The molecule has 1 saturated carbocycles. The highest BCUT2D eigenvalue weighted by Crippen LogP contribution is 2.41. The number of hydrogen-bond donors (Lipinski definition) is 0. The summed E-state index contributed by atoms with van der Waals surface area (Å²) in [6.07, 6.45) is 4.92. The average molecular weight is 366 g/mol. The summed E-state index contributed by atoms with van der Waals surface area (Å²) in [6.45, 7) is 5.17. The third-order valence-corrected chi connectivity index (χ3v) is 5.97. The van der Waals surface area contributed by atoms with Gasteiger partial charge in [-0.3, -0.25) is 4.57 Å². The molecule has 1 aliphatic carbocycles. The van der Waals surface area contributed by atoms with Crippen molar-refractivity contribution in [1.82, 2.24) is 14.3 Å². The van der Waals surface area contributed by atoms with E-state index in [1.807, 2.05) is 0 Å². The molecule has 136 valence electrons. The molecule has 1 aromatic heterocycles. The Bertz CT molecular complexity index is 804. The molecule has 0 amide bonds. The lowest BCUT2D eigenvalue weighted by Crippen LogP contribution is -2.35. The molecule has 1 heterocycles. The Balaban J connectivity index is 1.94. The average Bonchev–Trinajstić information content (AvgIpc) is 2.80. The molecule has 6 heteroatoms. The molecular weight excluding hydrogens is 341 g/mol. The van der Waals surface area contributed by atoms with Gasteiger partial charge in [0.2, 0.25) is 0 Å². The molecule has 0 aliphatic heterocycles. The Morgan fingerprint density at radius 3 is 2.80 bits per heavy atom. The topological polar surface area (TPSA) is 39.8 Å². The molecule has 1 atom stereocenters. The van der Waals surface area contributed by atoms with Crippen LogP contribution in [0.3, 0.4) is 0 Å². The highest BCUT2D eigenvalue weighted by Gasteiger charge is 2.33. The summed E-state index contributed by atoms with van der Waals surface area (Å²) in [5, 5.41) is 4.71. The van der Waals surface area contributed by atoms with E-state index in [2.05, 4.69) is 18.9 Å². The third-order valence-electron chi connectivity index (χ3n) is 5.61. The highest BCUT2D eigenvalue weighted by molar-refractivity contribution is 6.31. The second kappa shape index (κ2) is 6.94. The Hall–Kier alpha value is -1.62. The molecule has 1 aliphatic rings. The number of aryl methyl sites for hydroxylation is 1. The van der Waals surface area contributed by atoms with Crippen LogP contribution in [-0.2, 0) is 20.0 Å². The van der Waals surface area contributed by atoms with Crippen molar-refractivity contribution in [2.24, 2.45) is 18.4 Å². The summed E-state index contributed by atoms with van der Waals surface area (Å²) in [5.41, 5.74) is 0.434. The SMILES string of the molecule is Cn1nc(Cc2c(F)cccc2Cl)n(CC2CCCCC2(C)C)c1=O. The van der Waals surface area contributed by atoms with Gasteiger partial charge in [0, 0.05) is 30.6 Å². The summed E-state index contributed by atoms with van der Waals surface area (Å²) in [7, 11) is 1.64. The summed E-state index contributed by atoms with van der Waals surface area (Å²) >= 11 is 6.15. The van der Waals surface area contributed by atoms with Crippen molar-refractivity contribution in [3.05, 3.63) is 50.9 Å². The molecule has 0 radical (unpaired) electrons. The zero-order chi connectivity index (χ0) is 18.2. The fraction of sp³-hybridized carbons (Fsp3) is 0.579. The van der Waals surface area contributed by atoms with Gasteiger partial charge in [0.15, 0.2) is 0 Å². The molecule has 0 bridgehead atoms. The molecule has 1 unspecified atom stereocenters. The van der Waals surface area contributed by atoms with Crippen LogP contribution in [0.2, 0.25) is 5.02 Å². The standard InChI is InChI=1S/C19H25ClFN3O/c1-19(2)10-5-4-7-13(19)12-24-17(22-23(3)18(24)25)11-14-15(20)8-6-9-16(14)21/h6,8-9,13H,4-5,7,10-12H2,1-3H3. The van der Waals surface area contributed by atoms with Crippen LogP contribution in [0.15, 0.2) is 23.0 Å². The van der Waals surface area contributed by atoms with Crippen LogP contribution in [0, 0.1) is 17.2 Å². The molecule has 4 nitrogen and oxygen atoms in total. The fourth-order valence-electron chi connectivity index (χ4n) is 3.85. The second-order valence-corrected chi connectivity index (χ2v) is 8.15. The molecule has 0 saturated heterocycles. The van der Waals surface area contributed by atoms with Crippen LogP contribution in [0.25, 0.3) is 0 Å². The Morgan fingerprint density at radius 1 is 1.36 bits per heavy atom. The smallest absolute Gasteiger partial charge is 0.278 e. The number of benzene rings is 1. The van der Waals surface area contributed by atoms with Crippen molar-refractivity contribution in [3.8, 4) is 0 Å². The molecule has 1 aromatic carbocycles. The number of halogens is 2. The summed E-state index contributed by atoms with van der Waals surface area (Å²) < 4.78 is 17.2. The van der Waals surface area contributed by atoms with Crippen LogP contribution < -0.4 is 5.69 Å². The van der Waals surface area contributed by atoms with Crippen molar-refractivity contribution in [1.29, 1.82) is 0 Å². The van der Waals surface area contributed by atoms with Crippen molar-refractivity contribution >= 4 is 11.6 Å². The number of rotatable bonds is 4. The molecule has 0 N–H and O–H groups in total. The van der Waals surface area contributed by atoms with E-state index < -0.39 is 0 Å². The van der Waals surface area contributed by atoms with Crippen molar-refractivity contribution in [2.75, 3.05) is 0 Å².